The first-order chi connectivity index (χ1) is 12.5. The van der Waals surface area contributed by atoms with Crippen LogP contribution in [-0.4, -0.2) is 37.5 Å². The van der Waals surface area contributed by atoms with Crippen LogP contribution in [0.5, 0.6) is 0 Å². The van der Waals surface area contributed by atoms with E-state index in [4.69, 9.17) is 0 Å². The summed E-state index contributed by atoms with van der Waals surface area (Å²) in [4.78, 5) is 24.8. The van der Waals surface area contributed by atoms with Crippen molar-refractivity contribution in [2.45, 2.75) is 30.6 Å². The molecule has 0 aliphatic carbocycles. The summed E-state index contributed by atoms with van der Waals surface area (Å²) in [6.45, 7) is 1.06. The van der Waals surface area contributed by atoms with Crippen LogP contribution in [0.3, 0.4) is 0 Å². The fourth-order valence-electron chi connectivity index (χ4n) is 2.82. The first kappa shape index (κ1) is 18.8. The van der Waals surface area contributed by atoms with Crippen LogP contribution in [0.15, 0.2) is 46.7 Å². The highest BCUT2D eigenvalue weighted by molar-refractivity contribution is 7.89. The molecule has 1 saturated heterocycles. The number of amides is 1. The molecule has 1 aromatic carbocycles. The monoisotopic (exact) mass is 392 g/mol. The van der Waals surface area contributed by atoms with E-state index >= 15 is 0 Å². The number of benzene rings is 1. The van der Waals surface area contributed by atoms with Crippen molar-refractivity contribution in [1.82, 2.24) is 4.31 Å². The van der Waals surface area contributed by atoms with E-state index in [0.717, 1.165) is 12.8 Å². The maximum absolute atomic E-state index is 12.6. The predicted molar refractivity (Wildman–Crippen MR) is 101 cm³/mol. The van der Waals surface area contributed by atoms with E-state index in [0.29, 0.717) is 23.7 Å². The number of thiophene rings is 1. The summed E-state index contributed by atoms with van der Waals surface area (Å²) in [5, 5.41) is 4.49. The second-order valence-corrected chi connectivity index (χ2v) is 8.97. The number of nitrogens with one attached hydrogen (secondary N) is 1. The van der Waals surface area contributed by atoms with Crippen molar-refractivity contribution in [2.24, 2.45) is 0 Å². The highest BCUT2D eigenvalue weighted by Gasteiger charge is 2.27. The van der Waals surface area contributed by atoms with E-state index in [1.165, 1.54) is 27.8 Å². The van der Waals surface area contributed by atoms with Crippen LogP contribution in [0.4, 0.5) is 5.69 Å². The Labute approximate surface area is 156 Å². The number of sulfonamides is 1. The summed E-state index contributed by atoms with van der Waals surface area (Å²) in [7, 11) is -3.52. The molecule has 0 saturated carbocycles. The number of rotatable bonds is 7. The van der Waals surface area contributed by atoms with Gasteiger partial charge in [-0.05, 0) is 42.5 Å². The lowest BCUT2D eigenvalue weighted by molar-refractivity contribution is -0.116. The number of carbonyl (C=O) groups excluding carboxylic acids is 2. The lowest BCUT2D eigenvalue weighted by Gasteiger charge is -2.16. The van der Waals surface area contributed by atoms with Crippen LogP contribution in [0.1, 0.15) is 35.4 Å². The molecule has 138 valence electrons. The molecule has 1 aromatic heterocycles. The summed E-state index contributed by atoms with van der Waals surface area (Å²) < 4.78 is 26.6. The fourth-order valence-corrected chi connectivity index (χ4v) is 5.08. The van der Waals surface area contributed by atoms with Gasteiger partial charge in [0.15, 0.2) is 5.78 Å². The molecule has 3 rings (SSSR count). The minimum atomic E-state index is -3.52. The van der Waals surface area contributed by atoms with Gasteiger partial charge in [-0.25, -0.2) is 8.42 Å². The fraction of sp³-hybridized carbons (Fsp3) is 0.333. The first-order valence-corrected chi connectivity index (χ1v) is 10.8. The number of nitrogens with zero attached hydrogens (tertiary/aromatic N) is 1. The summed E-state index contributed by atoms with van der Waals surface area (Å²) in [5.41, 5.74) is 0.416. The minimum absolute atomic E-state index is 0.0554. The zero-order valence-corrected chi connectivity index (χ0v) is 15.8. The van der Waals surface area contributed by atoms with E-state index in [2.05, 4.69) is 5.32 Å². The van der Waals surface area contributed by atoms with E-state index < -0.39 is 10.0 Å². The molecule has 6 nitrogen and oxygen atoms in total. The molecule has 1 aliphatic heterocycles. The predicted octanol–water partition coefficient (Wildman–Crippen LogP) is 3.13. The maximum Gasteiger partial charge on any atom is 0.243 e. The van der Waals surface area contributed by atoms with E-state index in [9.17, 15) is 18.0 Å². The van der Waals surface area contributed by atoms with Gasteiger partial charge in [-0.15, -0.1) is 11.3 Å². The smallest absolute Gasteiger partial charge is 0.243 e. The van der Waals surface area contributed by atoms with E-state index in [1.54, 1.807) is 24.3 Å². The number of anilines is 1. The van der Waals surface area contributed by atoms with Gasteiger partial charge in [0.2, 0.25) is 15.9 Å². The molecule has 2 heterocycles. The van der Waals surface area contributed by atoms with Gasteiger partial charge in [0.1, 0.15) is 0 Å². The highest BCUT2D eigenvalue weighted by Crippen LogP contribution is 2.23. The second kappa shape index (κ2) is 8.11. The van der Waals surface area contributed by atoms with Crippen molar-refractivity contribution in [3.05, 3.63) is 46.7 Å². The number of carbonyl (C=O) groups is 2. The Morgan fingerprint density at radius 1 is 1.08 bits per heavy atom. The molecular weight excluding hydrogens is 372 g/mol. The number of hydrogen-bond acceptors (Lipinski definition) is 5. The van der Waals surface area contributed by atoms with Crippen molar-refractivity contribution in [3.63, 3.8) is 0 Å². The Hall–Kier alpha value is -2.03. The quantitative estimate of drug-likeness (QED) is 0.734. The van der Waals surface area contributed by atoms with Gasteiger partial charge in [0.25, 0.3) is 0 Å². The van der Waals surface area contributed by atoms with Crippen molar-refractivity contribution < 1.29 is 18.0 Å². The SMILES string of the molecule is O=C(CCC(=O)c1cccs1)Nc1cccc(S(=O)(=O)N2CCCC2)c1. The average molecular weight is 393 g/mol. The van der Waals surface area contributed by atoms with Crippen molar-refractivity contribution in [2.75, 3.05) is 18.4 Å². The van der Waals surface area contributed by atoms with Crippen LogP contribution in [0, 0.1) is 0 Å². The molecule has 0 atom stereocenters. The van der Waals surface area contributed by atoms with Gasteiger partial charge in [-0.1, -0.05) is 12.1 Å². The molecule has 8 heteroatoms. The van der Waals surface area contributed by atoms with Crippen LogP contribution in [0.2, 0.25) is 0 Å². The first-order valence-electron chi connectivity index (χ1n) is 8.43. The lowest BCUT2D eigenvalue weighted by atomic mass is 10.2. The molecule has 1 fully saturated rings. The van der Waals surface area contributed by atoms with Gasteiger partial charge in [0, 0.05) is 31.6 Å². The molecule has 0 bridgehead atoms. The van der Waals surface area contributed by atoms with Gasteiger partial charge in [-0.3, -0.25) is 9.59 Å². The Balaban J connectivity index is 1.61. The van der Waals surface area contributed by atoms with Crippen molar-refractivity contribution in [1.29, 1.82) is 0 Å². The van der Waals surface area contributed by atoms with Crippen LogP contribution in [0.25, 0.3) is 0 Å². The molecule has 2 aromatic rings. The van der Waals surface area contributed by atoms with Gasteiger partial charge in [0.05, 0.1) is 9.77 Å². The largest absolute Gasteiger partial charge is 0.326 e. The van der Waals surface area contributed by atoms with Crippen LogP contribution >= 0.6 is 11.3 Å². The zero-order valence-electron chi connectivity index (χ0n) is 14.2. The molecule has 0 spiro atoms. The number of Topliss-reactive ketones (excluding diaryl/α,β-unsaturated/α-hetero) is 1. The van der Waals surface area contributed by atoms with Gasteiger partial charge < -0.3 is 5.32 Å². The lowest BCUT2D eigenvalue weighted by Crippen LogP contribution is -2.27. The van der Waals surface area contributed by atoms with Gasteiger partial charge in [-0.2, -0.15) is 4.31 Å². The second-order valence-electron chi connectivity index (χ2n) is 6.09. The standard InChI is InChI=1S/C18H20N2O4S2/c21-16(17-7-4-12-25-17)8-9-18(22)19-14-5-3-6-15(13-14)26(23,24)20-10-1-2-11-20/h3-7,12-13H,1-2,8-11H2,(H,19,22). The normalized spacial score (nSPS) is 15.1. The molecule has 1 N–H and O–H groups in total. The molecule has 0 radical (unpaired) electrons. The van der Waals surface area contributed by atoms with E-state index in [-0.39, 0.29) is 29.4 Å². The molecular formula is C18H20N2O4S2. The topological polar surface area (TPSA) is 83.5 Å². The Kier molecular flexibility index (Phi) is 5.85. The average Bonchev–Trinajstić information content (AvgIpc) is 3.33. The zero-order chi connectivity index (χ0) is 18.6. The van der Waals surface area contributed by atoms with E-state index in [1.807, 2.05) is 5.38 Å². The third-order valence-corrected chi connectivity index (χ3v) is 7.00. The summed E-state index contributed by atoms with van der Waals surface area (Å²) >= 11 is 1.35. The maximum atomic E-state index is 12.6. The summed E-state index contributed by atoms with van der Waals surface area (Å²) in [5.74, 6) is -0.383. The molecule has 26 heavy (non-hydrogen) atoms. The minimum Gasteiger partial charge on any atom is -0.326 e. The third-order valence-electron chi connectivity index (χ3n) is 4.20. The van der Waals surface area contributed by atoms with Crippen LogP contribution in [-0.2, 0) is 14.8 Å². The number of hydrogen-bond donors (Lipinski definition) is 1. The highest BCUT2D eigenvalue weighted by atomic mass is 32.2. The van der Waals surface area contributed by atoms with Gasteiger partial charge >= 0.3 is 0 Å². The van der Waals surface area contributed by atoms with Crippen LogP contribution < -0.4 is 5.32 Å². The molecule has 0 unspecified atom stereocenters. The van der Waals surface area contributed by atoms with Crippen molar-refractivity contribution >= 4 is 38.7 Å². The summed E-state index contributed by atoms with van der Waals surface area (Å²) in [6.07, 6.45) is 1.92. The van der Waals surface area contributed by atoms with Crippen molar-refractivity contribution in [3.8, 4) is 0 Å². The molecule has 1 amide bonds. The Morgan fingerprint density at radius 2 is 1.85 bits per heavy atom. The Bertz CT molecular complexity index is 886. The third kappa shape index (κ3) is 4.38. The number of ketones is 1. The Morgan fingerprint density at radius 3 is 2.54 bits per heavy atom. The summed E-state index contributed by atoms with van der Waals surface area (Å²) in [6, 6.07) is 9.77. The molecule has 1 aliphatic rings.